The molecule has 0 aliphatic carbocycles. The molecule has 32 heavy (non-hydrogen) atoms. The maximum atomic E-state index is 12.8. The Hall–Kier alpha value is -3.55. The number of carbonyl (C=O) groups is 2. The molecule has 3 rings (SSSR count). The molecular weight excluding hydrogens is 406 g/mol. The first-order valence-electron chi connectivity index (χ1n) is 11.0. The summed E-state index contributed by atoms with van der Waals surface area (Å²) < 4.78 is 0. The number of tetrazole rings is 1. The lowest BCUT2D eigenvalue weighted by atomic mass is 9.98. The minimum atomic E-state index is -0.956. The molecule has 8 nitrogen and oxygen atoms in total. The van der Waals surface area contributed by atoms with Crippen molar-refractivity contribution >= 4 is 11.9 Å². The summed E-state index contributed by atoms with van der Waals surface area (Å²) in [7, 11) is 0. The normalized spacial score (nSPS) is 11.8. The van der Waals surface area contributed by atoms with Crippen molar-refractivity contribution < 1.29 is 14.7 Å². The molecule has 1 amide bonds. The number of aliphatic carboxylic acids is 1. The van der Waals surface area contributed by atoms with Crippen LogP contribution in [-0.2, 0) is 16.1 Å². The van der Waals surface area contributed by atoms with Gasteiger partial charge >= 0.3 is 5.97 Å². The van der Waals surface area contributed by atoms with E-state index in [4.69, 9.17) is 0 Å². The number of carboxylic acids is 1. The Bertz CT molecular complexity index is 1020. The van der Waals surface area contributed by atoms with Gasteiger partial charge in [-0.05, 0) is 34.7 Å². The summed E-state index contributed by atoms with van der Waals surface area (Å²) in [6.45, 7) is 4.22. The van der Waals surface area contributed by atoms with Gasteiger partial charge in [-0.15, -0.1) is 10.2 Å². The molecule has 1 atom stereocenters. The Balaban J connectivity index is 1.85. The predicted molar refractivity (Wildman–Crippen MR) is 121 cm³/mol. The summed E-state index contributed by atoms with van der Waals surface area (Å²) in [6, 6.07) is 14.8. The number of hydrogen-bond acceptors (Lipinski definition) is 5. The molecule has 0 saturated carbocycles. The van der Waals surface area contributed by atoms with Gasteiger partial charge in [-0.3, -0.25) is 4.79 Å². The Morgan fingerprint density at radius 3 is 2.34 bits per heavy atom. The van der Waals surface area contributed by atoms with Crippen molar-refractivity contribution in [3.05, 3.63) is 54.1 Å². The van der Waals surface area contributed by atoms with Crippen LogP contribution in [0.5, 0.6) is 0 Å². The number of unbranched alkanes of at least 4 members (excludes halogenated alkanes) is 1. The standard InChI is InChI=1S/C24H29N5O3/c1-3-5-11-22(30)29(21(8-4-2)24(31)32)16-17-12-14-18(15-13-17)19-9-6-7-10-20(19)23-25-27-28-26-23/h6-7,9-10,12-15,21H,3-5,8,11,16H2,1-2H3,(H,31,32)(H,25,26,27,28)/t21-/m0/s1. The monoisotopic (exact) mass is 435 g/mol. The number of amides is 1. The molecule has 0 saturated heterocycles. The Labute approximate surface area is 187 Å². The molecule has 168 valence electrons. The van der Waals surface area contributed by atoms with Crippen LogP contribution in [-0.4, -0.2) is 48.5 Å². The molecule has 3 aromatic rings. The molecule has 0 bridgehead atoms. The second-order valence-electron chi connectivity index (χ2n) is 7.75. The van der Waals surface area contributed by atoms with Gasteiger partial charge in [0.05, 0.1) is 0 Å². The number of hydrogen-bond donors (Lipinski definition) is 2. The first-order valence-corrected chi connectivity index (χ1v) is 11.0. The van der Waals surface area contributed by atoms with Crippen LogP contribution in [0.2, 0.25) is 0 Å². The third-order valence-corrected chi connectivity index (χ3v) is 5.42. The van der Waals surface area contributed by atoms with Crippen molar-refractivity contribution in [2.75, 3.05) is 0 Å². The van der Waals surface area contributed by atoms with Gasteiger partial charge in [0.15, 0.2) is 0 Å². The van der Waals surface area contributed by atoms with Gasteiger partial charge in [0.1, 0.15) is 6.04 Å². The van der Waals surface area contributed by atoms with Gasteiger partial charge in [0.2, 0.25) is 11.7 Å². The van der Waals surface area contributed by atoms with Gasteiger partial charge < -0.3 is 10.0 Å². The SMILES string of the molecule is CCCCC(=O)N(Cc1ccc(-c2ccccc2-c2nn[nH]n2)cc1)[C@@H](CCC)C(=O)O. The molecule has 1 heterocycles. The smallest absolute Gasteiger partial charge is 0.326 e. The van der Waals surface area contributed by atoms with Gasteiger partial charge in [0.25, 0.3) is 0 Å². The summed E-state index contributed by atoms with van der Waals surface area (Å²) in [6.07, 6.45) is 3.13. The summed E-state index contributed by atoms with van der Waals surface area (Å²) in [4.78, 5) is 26.2. The van der Waals surface area contributed by atoms with E-state index in [1.165, 1.54) is 4.90 Å². The number of nitrogens with zero attached hydrogens (tertiary/aromatic N) is 4. The van der Waals surface area contributed by atoms with Crippen molar-refractivity contribution in [3.8, 4) is 22.5 Å². The van der Waals surface area contributed by atoms with Crippen molar-refractivity contribution in [1.29, 1.82) is 0 Å². The maximum absolute atomic E-state index is 12.8. The van der Waals surface area contributed by atoms with Crippen LogP contribution >= 0.6 is 0 Å². The molecule has 0 spiro atoms. The number of benzene rings is 2. The van der Waals surface area contributed by atoms with Crippen LogP contribution in [0.3, 0.4) is 0 Å². The largest absolute Gasteiger partial charge is 0.480 e. The number of nitrogens with one attached hydrogen (secondary N) is 1. The maximum Gasteiger partial charge on any atom is 0.326 e. The summed E-state index contributed by atoms with van der Waals surface area (Å²) in [5, 5.41) is 24.0. The minimum absolute atomic E-state index is 0.112. The second kappa shape index (κ2) is 11.2. The zero-order valence-corrected chi connectivity index (χ0v) is 18.5. The first kappa shape index (κ1) is 23.1. The van der Waals surface area contributed by atoms with E-state index in [-0.39, 0.29) is 12.5 Å². The fourth-order valence-electron chi connectivity index (χ4n) is 3.72. The van der Waals surface area contributed by atoms with E-state index in [9.17, 15) is 14.7 Å². The minimum Gasteiger partial charge on any atom is -0.480 e. The lowest BCUT2D eigenvalue weighted by Crippen LogP contribution is -2.44. The summed E-state index contributed by atoms with van der Waals surface area (Å²) >= 11 is 0. The fourth-order valence-corrected chi connectivity index (χ4v) is 3.72. The molecule has 0 aliphatic rings. The first-order chi connectivity index (χ1) is 15.5. The lowest BCUT2D eigenvalue weighted by molar-refractivity contribution is -0.151. The molecule has 2 N–H and O–H groups in total. The van der Waals surface area contributed by atoms with Crippen molar-refractivity contribution in [3.63, 3.8) is 0 Å². The zero-order valence-electron chi connectivity index (χ0n) is 18.5. The quantitative estimate of drug-likeness (QED) is 0.464. The fraction of sp³-hybridized carbons (Fsp3) is 0.375. The van der Waals surface area contributed by atoms with E-state index in [1.807, 2.05) is 62.4 Å². The number of rotatable bonds is 11. The number of aromatic nitrogens is 4. The molecule has 0 aliphatic heterocycles. The van der Waals surface area contributed by atoms with E-state index in [0.717, 1.165) is 35.1 Å². The van der Waals surface area contributed by atoms with Gasteiger partial charge in [-0.25, -0.2) is 4.79 Å². The molecular formula is C24H29N5O3. The summed E-state index contributed by atoms with van der Waals surface area (Å²) in [5.41, 5.74) is 3.68. The summed E-state index contributed by atoms with van der Waals surface area (Å²) in [5.74, 6) is -0.553. The van der Waals surface area contributed by atoms with Gasteiger partial charge in [-0.1, -0.05) is 75.2 Å². The van der Waals surface area contributed by atoms with E-state index in [1.54, 1.807) is 0 Å². The Kier molecular flexibility index (Phi) is 8.08. The highest BCUT2D eigenvalue weighted by Gasteiger charge is 2.28. The third-order valence-electron chi connectivity index (χ3n) is 5.42. The van der Waals surface area contributed by atoms with E-state index >= 15 is 0 Å². The van der Waals surface area contributed by atoms with Crippen LogP contribution in [0, 0.1) is 0 Å². The molecule has 1 aromatic heterocycles. The van der Waals surface area contributed by atoms with E-state index in [2.05, 4.69) is 20.6 Å². The number of carbonyl (C=O) groups excluding carboxylic acids is 1. The highest BCUT2D eigenvalue weighted by atomic mass is 16.4. The average Bonchev–Trinajstić information content (AvgIpc) is 3.35. The molecule has 2 aromatic carbocycles. The highest BCUT2D eigenvalue weighted by molar-refractivity contribution is 5.84. The average molecular weight is 436 g/mol. The van der Waals surface area contributed by atoms with E-state index in [0.29, 0.717) is 25.1 Å². The van der Waals surface area contributed by atoms with Crippen LogP contribution in [0.1, 0.15) is 51.5 Å². The van der Waals surface area contributed by atoms with Crippen LogP contribution in [0.15, 0.2) is 48.5 Å². The van der Waals surface area contributed by atoms with Gasteiger partial charge in [0, 0.05) is 18.5 Å². The Morgan fingerprint density at radius 2 is 1.75 bits per heavy atom. The molecule has 8 heteroatoms. The van der Waals surface area contributed by atoms with Crippen LogP contribution in [0.25, 0.3) is 22.5 Å². The molecule has 0 radical (unpaired) electrons. The molecule has 0 unspecified atom stereocenters. The predicted octanol–water partition coefficient (Wildman–Crippen LogP) is 4.31. The Morgan fingerprint density at radius 1 is 1.03 bits per heavy atom. The van der Waals surface area contributed by atoms with Crippen molar-refractivity contribution in [2.45, 2.75) is 58.5 Å². The lowest BCUT2D eigenvalue weighted by Gasteiger charge is -2.29. The topological polar surface area (TPSA) is 112 Å². The number of carboxylic acid groups (broad SMARTS) is 1. The van der Waals surface area contributed by atoms with Crippen LogP contribution < -0.4 is 0 Å². The second-order valence-corrected chi connectivity index (χ2v) is 7.75. The molecule has 0 fully saturated rings. The highest BCUT2D eigenvalue weighted by Crippen LogP contribution is 2.30. The number of aromatic amines is 1. The zero-order chi connectivity index (χ0) is 22.9. The number of H-pyrrole nitrogens is 1. The van der Waals surface area contributed by atoms with Crippen molar-refractivity contribution in [1.82, 2.24) is 25.5 Å². The van der Waals surface area contributed by atoms with Crippen molar-refractivity contribution in [2.24, 2.45) is 0 Å². The third kappa shape index (κ3) is 5.57. The van der Waals surface area contributed by atoms with E-state index < -0.39 is 12.0 Å². The van der Waals surface area contributed by atoms with Gasteiger partial charge in [-0.2, -0.15) is 5.21 Å². The van der Waals surface area contributed by atoms with Crippen LogP contribution in [0.4, 0.5) is 0 Å².